The van der Waals surface area contributed by atoms with Gasteiger partial charge in [-0.25, -0.2) is 0 Å². The zero-order chi connectivity index (χ0) is 14.9. The minimum atomic E-state index is 0.0925. The third-order valence-electron chi connectivity index (χ3n) is 5.84. The van der Waals surface area contributed by atoms with Crippen LogP contribution in [0.4, 0.5) is 0 Å². The molecule has 1 saturated heterocycles. The summed E-state index contributed by atoms with van der Waals surface area (Å²) in [6, 6.07) is 9.01. The predicted octanol–water partition coefficient (Wildman–Crippen LogP) is 3.69. The van der Waals surface area contributed by atoms with E-state index in [-0.39, 0.29) is 5.54 Å². The third kappa shape index (κ3) is 2.76. The lowest BCUT2D eigenvalue weighted by molar-refractivity contribution is 0.0745. The highest BCUT2D eigenvalue weighted by Crippen LogP contribution is 2.42. The van der Waals surface area contributed by atoms with Gasteiger partial charge in [-0.05, 0) is 68.2 Å². The summed E-state index contributed by atoms with van der Waals surface area (Å²) in [7, 11) is 0. The monoisotopic (exact) mass is 286 g/mol. The van der Waals surface area contributed by atoms with E-state index in [1.54, 1.807) is 0 Å². The molecule has 0 amide bonds. The van der Waals surface area contributed by atoms with E-state index in [1.165, 1.54) is 62.7 Å². The Morgan fingerprint density at radius 2 is 1.86 bits per heavy atom. The van der Waals surface area contributed by atoms with E-state index >= 15 is 0 Å². The van der Waals surface area contributed by atoms with E-state index < -0.39 is 0 Å². The topological polar surface area (TPSA) is 29.3 Å². The fourth-order valence-electron chi connectivity index (χ4n) is 4.42. The smallest absolute Gasteiger partial charge is 0.0586 e. The fraction of sp³-hybridized carbons (Fsp3) is 0.684. The SMILES string of the molecule is CC1(C)CCCN(C2(CN)CCCc3ccccc32)CC1. The van der Waals surface area contributed by atoms with Crippen molar-refractivity contribution < 1.29 is 0 Å². The van der Waals surface area contributed by atoms with Crippen LogP contribution in [0.25, 0.3) is 0 Å². The molecular formula is C19H30N2. The van der Waals surface area contributed by atoms with Crippen LogP contribution < -0.4 is 5.73 Å². The molecule has 0 saturated carbocycles. The first-order valence-electron chi connectivity index (χ1n) is 8.61. The van der Waals surface area contributed by atoms with Crippen LogP contribution in [0.5, 0.6) is 0 Å². The van der Waals surface area contributed by atoms with Crippen molar-refractivity contribution in [1.82, 2.24) is 4.90 Å². The second-order valence-electron chi connectivity index (χ2n) is 7.75. The number of nitrogens with two attached hydrogens (primary N) is 1. The molecule has 1 atom stereocenters. The normalized spacial score (nSPS) is 29.7. The molecule has 1 aliphatic carbocycles. The Labute approximate surface area is 129 Å². The van der Waals surface area contributed by atoms with E-state index in [0.717, 1.165) is 6.54 Å². The highest BCUT2D eigenvalue weighted by Gasteiger charge is 2.41. The fourth-order valence-corrected chi connectivity index (χ4v) is 4.42. The number of aryl methyl sites for hydroxylation is 1. The lowest BCUT2D eigenvalue weighted by atomic mass is 9.75. The molecule has 1 heterocycles. The Morgan fingerprint density at radius 1 is 1.05 bits per heavy atom. The van der Waals surface area contributed by atoms with Crippen molar-refractivity contribution >= 4 is 0 Å². The molecule has 1 unspecified atom stereocenters. The van der Waals surface area contributed by atoms with Crippen molar-refractivity contribution in [3.05, 3.63) is 35.4 Å². The summed E-state index contributed by atoms with van der Waals surface area (Å²) >= 11 is 0. The van der Waals surface area contributed by atoms with E-state index in [2.05, 4.69) is 43.0 Å². The van der Waals surface area contributed by atoms with Crippen molar-refractivity contribution in [3.63, 3.8) is 0 Å². The first-order chi connectivity index (χ1) is 10.1. The van der Waals surface area contributed by atoms with Crippen LogP contribution in [0.1, 0.15) is 57.1 Å². The van der Waals surface area contributed by atoms with Crippen LogP contribution in [0.3, 0.4) is 0 Å². The van der Waals surface area contributed by atoms with Gasteiger partial charge in [0.15, 0.2) is 0 Å². The standard InChI is InChI=1S/C19H30N2/c1-18(2)10-6-13-21(14-12-18)19(15-20)11-5-8-16-7-3-4-9-17(16)19/h3-4,7,9H,5-6,8,10-15,20H2,1-2H3. The molecule has 0 bridgehead atoms. The molecule has 1 aromatic rings. The minimum absolute atomic E-state index is 0.0925. The summed E-state index contributed by atoms with van der Waals surface area (Å²) in [6.07, 6.45) is 7.64. The molecule has 21 heavy (non-hydrogen) atoms. The maximum absolute atomic E-state index is 6.36. The van der Waals surface area contributed by atoms with Crippen LogP contribution in [-0.2, 0) is 12.0 Å². The third-order valence-corrected chi connectivity index (χ3v) is 5.84. The Hall–Kier alpha value is -0.860. The second kappa shape index (κ2) is 5.73. The van der Waals surface area contributed by atoms with Gasteiger partial charge in [-0.3, -0.25) is 4.90 Å². The first kappa shape index (κ1) is 15.1. The molecule has 2 heteroatoms. The quantitative estimate of drug-likeness (QED) is 0.898. The highest BCUT2D eigenvalue weighted by molar-refractivity contribution is 5.37. The van der Waals surface area contributed by atoms with E-state index in [4.69, 9.17) is 5.73 Å². The summed E-state index contributed by atoms with van der Waals surface area (Å²) in [5.74, 6) is 0. The zero-order valence-electron chi connectivity index (χ0n) is 13.7. The van der Waals surface area contributed by atoms with Crippen molar-refractivity contribution in [2.75, 3.05) is 19.6 Å². The molecule has 2 aliphatic rings. The molecule has 0 spiro atoms. The van der Waals surface area contributed by atoms with Crippen LogP contribution >= 0.6 is 0 Å². The maximum Gasteiger partial charge on any atom is 0.0586 e. The lowest BCUT2D eigenvalue weighted by Gasteiger charge is -2.47. The second-order valence-corrected chi connectivity index (χ2v) is 7.75. The van der Waals surface area contributed by atoms with Gasteiger partial charge in [0.05, 0.1) is 5.54 Å². The number of hydrogen-bond acceptors (Lipinski definition) is 2. The van der Waals surface area contributed by atoms with Crippen LogP contribution in [0.15, 0.2) is 24.3 Å². The van der Waals surface area contributed by atoms with E-state index in [0.29, 0.717) is 5.41 Å². The van der Waals surface area contributed by atoms with Gasteiger partial charge in [-0.15, -0.1) is 0 Å². The first-order valence-corrected chi connectivity index (χ1v) is 8.61. The van der Waals surface area contributed by atoms with Gasteiger partial charge in [-0.2, -0.15) is 0 Å². The Balaban J connectivity index is 1.94. The predicted molar refractivity (Wildman–Crippen MR) is 89.3 cm³/mol. The summed E-state index contributed by atoms with van der Waals surface area (Å²) in [6.45, 7) is 7.98. The van der Waals surface area contributed by atoms with E-state index in [1.807, 2.05) is 0 Å². The summed E-state index contributed by atoms with van der Waals surface area (Å²) < 4.78 is 0. The van der Waals surface area contributed by atoms with Crippen molar-refractivity contribution in [2.24, 2.45) is 11.1 Å². The van der Waals surface area contributed by atoms with Gasteiger partial charge in [-0.1, -0.05) is 38.1 Å². The number of nitrogens with zero attached hydrogens (tertiary/aromatic N) is 1. The number of benzene rings is 1. The number of hydrogen-bond donors (Lipinski definition) is 1. The lowest BCUT2D eigenvalue weighted by Crippen LogP contribution is -2.53. The molecule has 1 fully saturated rings. The number of fused-ring (bicyclic) bond motifs is 1. The maximum atomic E-state index is 6.36. The minimum Gasteiger partial charge on any atom is -0.328 e. The molecule has 2 N–H and O–H groups in total. The number of rotatable bonds is 2. The highest BCUT2D eigenvalue weighted by atomic mass is 15.2. The molecule has 1 aromatic carbocycles. The van der Waals surface area contributed by atoms with Crippen LogP contribution in [0.2, 0.25) is 0 Å². The molecular weight excluding hydrogens is 256 g/mol. The molecule has 1 aliphatic heterocycles. The van der Waals surface area contributed by atoms with Crippen molar-refractivity contribution in [2.45, 2.75) is 57.9 Å². The molecule has 0 aromatic heterocycles. The van der Waals surface area contributed by atoms with Gasteiger partial charge in [0.2, 0.25) is 0 Å². The summed E-state index contributed by atoms with van der Waals surface area (Å²) in [5, 5.41) is 0. The van der Waals surface area contributed by atoms with Gasteiger partial charge in [0.1, 0.15) is 0 Å². The summed E-state index contributed by atoms with van der Waals surface area (Å²) in [5.41, 5.74) is 9.98. The Bertz CT molecular complexity index is 494. The Kier molecular flexibility index (Phi) is 4.11. The molecule has 0 radical (unpaired) electrons. The van der Waals surface area contributed by atoms with E-state index in [9.17, 15) is 0 Å². The number of likely N-dealkylation sites (tertiary alicyclic amines) is 1. The molecule has 3 rings (SSSR count). The summed E-state index contributed by atoms with van der Waals surface area (Å²) in [4.78, 5) is 2.72. The largest absolute Gasteiger partial charge is 0.328 e. The molecule has 116 valence electrons. The van der Waals surface area contributed by atoms with Gasteiger partial charge in [0, 0.05) is 6.54 Å². The Morgan fingerprint density at radius 3 is 2.67 bits per heavy atom. The zero-order valence-corrected chi connectivity index (χ0v) is 13.7. The van der Waals surface area contributed by atoms with Crippen molar-refractivity contribution in [1.29, 1.82) is 0 Å². The molecule has 2 nitrogen and oxygen atoms in total. The van der Waals surface area contributed by atoms with Crippen LogP contribution in [0, 0.1) is 5.41 Å². The van der Waals surface area contributed by atoms with Gasteiger partial charge in [0.25, 0.3) is 0 Å². The van der Waals surface area contributed by atoms with Crippen LogP contribution in [-0.4, -0.2) is 24.5 Å². The average Bonchev–Trinajstić information content (AvgIpc) is 2.68. The average molecular weight is 286 g/mol. The van der Waals surface area contributed by atoms with Gasteiger partial charge < -0.3 is 5.73 Å². The van der Waals surface area contributed by atoms with Crippen molar-refractivity contribution in [3.8, 4) is 0 Å². The van der Waals surface area contributed by atoms with Gasteiger partial charge >= 0.3 is 0 Å².